The molecule has 0 aliphatic carbocycles. The van der Waals surface area contributed by atoms with E-state index in [0.29, 0.717) is 28.0 Å². The summed E-state index contributed by atoms with van der Waals surface area (Å²) in [5.41, 5.74) is 2.85. The Labute approximate surface area is 189 Å². The first-order valence-electron chi connectivity index (χ1n) is 9.82. The van der Waals surface area contributed by atoms with Gasteiger partial charge in [-0.25, -0.2) is 4.79 Å². The van der Waals surface area contributed by atoms with Crippen LogP contribution in [0.4, 0.5) is 5.69 Å². The van der Waals surface area contributed by atoms with Crippen LogP contribution < -0.4 is 9.47 Å². The van der Waals surface area contributed by atoms with E-state index < -0.39 is 5.97 Å². The van der Waals surface area contributed by atoms with Crippen LogP contribution in [-0.2, 0) is 0 Å². The molecular formula is C25H20ClNO3S. The maximum atomic E-state index is 12.8. The monoisotopic (exact) mass is 449 g/mol. The van der Waals surface area contributed by atoms with Crippen LogP contribution in [0.5, 0.6) is 11.5 Å². The van der Waals surface area contributed by atoms with Gasteiger partial charge in [-0.15, -0.1) is 11.3 Å². The number of esters is 1. The van der Waals surface area contributed by atoms with Gasteiger partial charge in [-0.3, -0.25) is 4.99 Å². The van der Waals surface area contributed by atoms with Gasteiger partial charge in [-0.2, -0.15) is 0 Å². The molecule has 1 heterocycles. The first kappa shape index (κ1) is 21.1. The van der Waals surface area contributed by atoms with E-state index in [1.54, 1.807) is 18.3 Å². The minimum Gasteiger partial charge on any atom is -0.490 e. The van der Waals surface area contributed by atoms with Crippen LogP contribution in [0.25, 0.3) is 10.1 Å². The molecule has 0 aliphatic heterocycles. The van der Waals surface area contributed by atoms with Gasteiger partial charge >= 0.3 is 5.97 Å². The number of ether oxygens (including phenoxy) is 2. The smallest absolute Gasteiger partial charge is 0.355 e. The van der Waals surface area contributed by atoms with Gasteiger partial charge < -0.3 is 9.47 Å². The maximum absolute atomic E-state index is 12.8. The largest absolute Gasteiger partial charge is 0.490 e. The lowest BCUT2D eigenvalue weighted by molar-refractivity contribution is 0.0733. The summed E-state index contributed by atoms with van der Waals surface area (Å²) in [4.78, 5) is 17.7. The fourth-order valence-electron chi connectivity index (χ4n) is 3.11. The average molecular weight is 450 g/mol. The highest BCUT2D eigenvalue weighted by atomic mass is 35.5. The number of aliphatic imine (C=N–C) groups is 1. The highest BCUT2D eigenvalue weighted by Gasteiger charge is 2.20. The SMILES string of the molecule is CCOc1cc(C=Nc2cccc(C)c2)ccc1OC(=O)c1sc2ccccc2c1Cl. The van der Waals surface area contributed by atoms with Crippen molar-refractivity contribution in [2.75, 3.05) is 6.61 Å². The van der Waals surface area contributed by atoms with Crippen molar-refractivity contribution < 1.29 is 14.3 Å². The van der Waals surface area contributed by atoms with E-state index in [2.05, 4.69) is 4.99 Å². The van der Waals surface area contributed by atoms with E-state index >= 15 is 0 Å². The van der Waals surface area contributed by atoms with Crippen molar-refractivity contribution in [3.05, 3.63) is 87.8 Å². The lowest BCUT2D eigenvalue weighted by atomic mass is 10.2. The summed E-state index contributed by atoms with van der Waals surface area (Å²) in [6.45, 7) is 4.34. The Morgan fingerprint density at radius 2 is 1.90 bits per heavy atom. The molecule has 0 bridgehead atoms. The zero-order valence-corrected chi connectivity index (χ0v) is 18.7. The molecule has 6 heteroatoms. The van der Waals surface area contributed by atoms with Gasteiger partial charge in [0, 0.05) is 16.3 Å². The van der Waals surface area contributed by atoms with Crippen molar-refractivity contribution >= 4 is 50.9 Å². The highest BCUT2D eigenvalue weighted by molar-refractivity contribution is 7.21. The summed E-state index contributed by atoms with van der Waals surface area (Å²) in [6, 6.07) is 20.9. The van der Waals surface area contributed by atoms with E-state index in [0.717, 1.165) is 26.9 Å². The first-order chi connectivity index (χ1) is 15.0. The Morgan fingerprint density at radius 3 is 2.68 bits per heavy atom. The molecule has 0 unspecified atom stereocenters. The molecule has 0 aliphatic rings. The molecule has 0 atom stereocenters. The minimum atomic E-state index is -0.506. The van der Waals surface area contributed by atoms with Crippen molar-refractivity contribution in [1.82, 2.24) is 0 Å². The maximum Gasteiger partial charge on any atom is 0.355 e. The molecule has 0 amide bonds. The van der Waals surface area contributed by atoms with Gasteiger partial charge in [0.05, 0.1) is 17.3 Å². The number of aryl methyl sites for hydroxylation is 1. The number of benzene rings is 3. The Bertz CT molecular complexity index is 1280. The summed E-state index contributed by atoms with van der Waals surface area (Å²) < 4.78 is 12.3. The third-order valence-electron chi connectivity index (χ3n) is 4.55. The zero-order valence-electron chi connectivity index (χ0n) is 17.1. The molecular weight excluding hydrogens is 430 g/mol. The van der Waals surface area contributed by atoms with Gasteiger partial charge in [0.2, 0.25) is 0 Å². The molecule has 0 N–H and O–H groups in total. The number of halogens is 1. The fraction of sp³-hybridized carbons (Fsp3) is 0.120. The lowest BCUT2D eigenvalue weighted by Gasteiger charge is -2.11. The number of hydrogen-bond donors (Lipinski definition) is 0. The van der Waals surface area contributed by atoms with Crippen LogP contribution in [0.1, 0.15) is 27.7 Å². The Kier molecular flexibility index (Phi) is 6.35. The number of nitrogens with zero attached hydrogens (tertiary/aromatic N) is 1. The molecule has 0 radical (unpaired) electrons. The second kappa shape index (κ2) is 9.33. The van der Waals surface area contributed by atoms with Crippen molar-refractivity contribution in [2.45, 2.75) is 13.8 Å². The topological polar surface area (TPSA) is 47.9 Å². The van der Waals surface area contributed by atoms with Gasteiger partial charge in [-0.1, -0.05) is 41.9 Å². The van der Waals surface area contributed by atoms with E-state index in [1.807, 2.05) is 68.4 Å². The highest BCUT2D eigenvalue weighted by Crippen LogP contribution is 2.37. The van der Waals surface area contributed by atoms with E-state index in [9.17, 15) is 4.79 Å². The third-order valence-corrected chi connectivity index (χ3v) is 6.21. The summed E-state index contributed by atoms with van der Waals surface area (Å²) in [5.74, 6) is 0.308. The molecule has 4 rings (SSSR count). The van der Waals surface area contributed by atoms with Gasteiger partial charge in [0.1, 0.15) is 4.88 Å². The van der Waals surface area contributed by atoms with Gasteiger partial charge in [-0.05, 0) is 61.4 Å². The molecule has 0 saturated heterocycles. The van der Waals surface area contributed by atoms with Crippen LogP contribution in [0.2, 0.25) is 5.02 Å². The molecule has 4 nitrogen and oxygen atoms in total. The number of carbonyl (C=O) groups is 1. The van der Waals surface area contributed by atoms with Crippen LogP contribution >= 0.6 is 22.9 Å². The number of rotatable bonds is 6. The second-order valence-electron chi connectivity index (χ2n) is 6.87. The van der Waals surface area contributed by atoms with Gasteiger partial charge in [0.25, 0.3) is 0 Å². The Hall–Kier alpha value is -3.15. The predicted octanol–water partition coefficient (Wildman–Crippen LogP) is 7.23. The van der Waals surface area contributed by atoms with Gasteiger partial charge in [0.15, 0.2) is 11.5 Å². The molecule has 156 valence electrons. The normalized spacial score (nSPS) is 11.2. The molecule has 31 heavy (non-hydrogen) atoms. The first-order valence-corrected chi connectivity index (χ1v) is 11.0. The van der Waals surface area contributed by atoms with Crippen molar-refractivity contribution in [3.63, 3.8) is 0 Å². The second-order valence-corrected chi connectivity index (χ2v) is 8.30. The summed E-state index contributed by atoms with van der Waals surface area (Å²) in [5, 5.41) is 1.25. The van der Waals surface area contributed by atoms with Crippen LogP contribution in [0, 0.1) is 6.92 Å². The molecule has 0 fully saturated rings. The van der Waals surface area contributed by atoms with E-state index in [1.165, 1.54) is 11.3 Å². The van der Waals surface area contributed by atoms with Crippen LogP contribution in [0.3, 0.4) is 0 Å². The standard InChI is InChI=1S/C25H20ClNO3S/c1-3-29-21-14-17(15-27-18-8-6-7-16(2)13-18)11-12-20(21)30-25(28)24-23(26)19-9-4-5-10-22(19)31-24/h4-15H,3H2,1-2H3. The molecule has 0 spiro atoms. The van der Waals surface area contributed by atoms with Crippen molar-refractivity contribution in [2.24, 2.45) is 4.99 Å². The lowest BCUT2D eigenvalue weighted by Crippen LogP contribution is -2.08. The quantitative estimate of drug-likeness (QED) is 0.177. The molecule has 4 aromatic rings. The minimum absolute atomic E-state index is 0.341. The van der Waals surface area contributed by atoms with Crippen LogP contribution in [-0.4, -0.2) is 18.8 Å². The predicted molar refractivity (Wildman–Crippen MR) is 128 cm³/mol. The molecule has 3 aromatic carbocycles. The molecule has 0 saturated carbocycles. The summed E-state index contributed by atoms with van der Waals surface area (Å²) in [6.07, 6.45) is 1.76. The van der Waals surface area contributed by atoms with Crippen LogP contribution in [0.15, 0.2) is 71.7 Å². The van der Waals surface area contributed by atoms with E-state index in [-0.39, 0.29) is 0 Å². The Morgan fingerprint density at radius 1 is 1.06 bits per heavy atom. The zero-order chi connectivity index (χ0) is 21.8. The molecule has 1 aromatic heterocycles. The van der Waals surface area contributed by atoms with Crippen molar-refractivity contribution in [3.8, 4) is 11.5 Å². The van der Waals surface area contributed by atoms with E-state index in [4.69, 9.17) is 21.1 Å². The average Bonchev–Trinajstić information content (AvgIpc) is 3.11. The number of carbonyl (C=O) groups excluding carboxylic acids is 1. The number of thiophene rings is 1. The summed E-state index contributed by atoms with van der Waals surface area (Å²) in [7, 11) is 0. The summed E-state index contributed by atoms with van der Waals surface area (Å²) >= 11 is 7.73. The number of hydrogen-bond acceptors (Lipinski definition) is 5. The van der Waals surface area contributed by atoms with Crippen molar-refractivity contribution in [1.29, 1.82) is 0 Å². The number of fused-ring (bicyclic) bond motifs is 1. The fourth-order valence-corrected chi connectivity index (χ4v) is 4.49. The third kappa shape index (κ3) is 4.79. The Balaban J connectivity index is 1.59.